The predicted octanol–water partition coefficient (Wildman–Crippen LogP) is 3.05. The Morgan fingerprint density at radius 3 is 2.44 bits per heavy atom. The molecule has 16 heavy (non-hydrogen) atoms. The van der Waals surface area contributed by atoms with E-state index in [1.165, 1.54) is 12.8 Å². The Labute approximate surface area is 102 Å². The first-order valence-corrected chi connectivity index (χ1v) is 6.47. The van der Waals surface area contributed by atoms with Gasteiger partial charge in [0, 0.05) is 18.1 Å². The van der Waals surface area contributed by atoms with Crippen LogP contribution in [0.3, 0.4) is 0 Å². The molecule has 1 atom stereocenters. The summed E-state index contributed by atoms with van der Waals surface area (Å²) < 4.78 is 0. The Balaban J connectivity index is 3.91. The third-order valence-electron chi connectivity index (χ3n) is 2.88. The van der Waals surface area contributed by atoms with Gasteiger partial charge in [-0.3, -0.25) is 0 Å². The Morgan fingerprint density at radius 2 is 2.00 bits per heavy atom. The van der Waals surface area contributed by atoms with Crippen molar-refractivity contribution in [2.75, 3.05) is 20.1 Å². The molecule has 0 aromatic heterocycles. The number of unbranched alkanes of at least 4 members (excludes halogenated alkanes) is 1. The topological polar surface area (TPSA) is 15.3 Å². The standard InChI is InChI=1S/C14H30N2/c1-7-9-10-11-16(6)13(8-2)12-15-14(3,4)5/h7,13,15H,1,8-12H2,2-6H3. The summed E-state index contributed by atoms with van der Waals surface area (Å²) in [4.78, 5) is 2.46. The summed E-state index contributed by atoms with van der Waals surface area (Å²) in [7, 11) is 2.22. The smallest absolute Gasteiger partial charge is 0.0215 e. The van der Waals surface area contributed by atoms with E-state index in [-0.39, 0.29) is 5.54 Å². The van der Waals surface area contributed by atoms with Crippen molar-refractivity contribution in [1.29, 1.82) is 0 Å². The van der Waals surface area contributed by atoms with Gasteiger partial charge < -0.3 is 10.2 Å². The van der Waals surface area contributed by atoms with E-state index in [0.717, 1.165) is 19.5 Å². The van der Waals surface area contributed by atoms with Gasteiger partial charge in [0.05, 0.1) is 0 Å². The highest BCUT2D eigenvalue weighted by atomic mass is 15.2. The molecule has 0 aliphatic heterocycles. The molecule has 96 valence electrons. The van der Waals surface area contributed by atoms with E-state index in [9.17, 15) is 0 Å². The Kier molecular flexibility index (Phi) is 7.69. The minimum absolute atomic E-state index is 0.218. The molecule has 0 saturated heterocycles. The highest BCUT2D eigenvalue weighted by molar-refractivity contribution is 4.77. The van der Waals surface area contributed by atoms with Crippen LogP contribution in [0.4, 0.5) is 0 Å². The van der Waals surface area contributed by atoms with Crippen molar-refractivity contribution < 1.29 is 0 Å². The van der Waals surface area contributed by atoms with Crippen LogP contribution < -0.4 is 5.32 Å². The summed E-state index contributed by atoms with van der Waals surface area (Å²) in [5.74, 6) is 0. The van der Waals surface area contributed by atoms with Crippen LogP contribution in [-0.4, -0.2) is 36.6 Å². The van der Waals surface area contributed by atoms with E-state index in [1.54, 1.807) is 0 Å². The lowest BCUT2D eigenvalue weighted by Crippen LogP contribution is -2.46. The second-order valence-corrected chi connectivity index (χ2v) is 5.60. The summed E-state index contributed by atoms with van der Waals surface area (Å²) in [5.41, 5.74) is 0.218. The van der Waals surface area contributed by atoms with E-state index in [4.69, 9.17) is 0 Å². The van der Waals surface area contributed by atoms with Crippen LogP contribution in [0.1, 0.15) is 47.0 Å². The second kappa shape index (κ2) is 7.86. The lowest BCUT2D eigenvalue weighted by molar-refractivity contribution is 0.214. The number of hydrogen-bond acceptors (Lipinski definition) is 2. The van der Waals surface area contributed by atoms with Crippen molar-refractivity contribution in [3.05, 3.63) is 12.7 Å². The summed E-state index contributed by atoms with van der Waals surface area (Å²) in [6, 6.07) is 0.643. The van der Waals surface area contributed by atoms with Crippen molar-refractivity contribution in [3.8, 4) is 0 Å². The summed E-state index contributed by atoms with van der Waals surface area (Å²) in [5, 5.41) is 3.58. The van der Waals surface area contributed by atoms with Gasteiger partial charge in [0.25, 0.3) is 0 Å². The lowest BCUT2D eigenvalue weighted by Gasteiger charge is -2.31. The van der Waals surface area contributed by atoms with Crippen molar-refractivity contribution in [3.63, 3.8) is 0 Å². The molecular formula is C14H30N2. The third kappa shape index (κ3) is 7.89. The fourth-order valence-corrected chi connectivity index (χ4v) is 1.70. The number of likely N-dealkylation sites (N-methyl/N-ethyl adjacent to an activating group) is 1. The monoisotopic (exact) mass is 226 g/mol. The number of nitrogens with zero attached hydrogens (tertiary/aromatic N) is 1. The zero-order valence-electron chi connectivity index (χ0n) is 11.8. The van der Waals surface area contributed by atoms with Crippen LogP contribution in [0.2, 0.25) is 0 Å². The average Bonchev–Trinajstić information content (AvgIpc) is 2.17. The second-order valence-electron chi connectivity index (χ2n) is 5.60. The van der Waals surface area contributed by atoms with Crippen molar-refractivity contribution in [2.24, 2.45) is 0 Å². The van der Waals surface area contributed by atoms with E-state index in [1.807, 2.05) is 6.08 Å². The molecule has 0 bridgehead atoms. The first kappa shape index (κ1) is 15.7. The van der Waals surface area contributed by atoms with Gasteiger partial charge in [-0.25, -0.2) is 0 Å². The molecule has 0 heterocycles. The molecule has 0 aromatic carbocycles. The largest absolute Gasteiger partial charge is 0.311 e. The summed E-state index contributed by atoms with van der Waals surface area (Å²) >= 11 is 0. The molecule has 0 radical (unpaired) electrons. The SMILES string of the molecule is C=CCCCN(C)C(CC)CNC(C)(C)C. The zero-order valence-corrected chi connectivity index (χ0v) is 11.8. The molecule has 0 saturated carbocycles. The number of hydrogen-bond donors (Lipinski definition) is 1. The summed E-state index contributed by atoms with van der Waals surface area (Å²) in [6.07, 6.45) is 5.54. The molecule has 1 unspecified atom stereocenters. The fourth-order valence-electron chi connectivity index (χ4n) is 1.70. The number of rotatable bonds is 8. The predicted molar refractivity (Wildman–Crippen MR) is 73.9 cm³/mol. The van der Waals surface area contributed by atoms with Crippen molar-refractivity contribution >= 4 is 0 Å². The zero-order chi connectivity index (χ0) is 12.6. The maximum atomic E-state index is 3.76. The van der Waals surface area contributed by atoms with Crippen LogP contribution in [0.25, 0.3) is 0 Å². The molecule has 0 spiro atoms. The first-order chi connectivity index (χ1) is 7.40. The van der Waals surface area contributed by atoms with Gasteiger partial charge in [-0.2, -0.15) is 0 Å². The van der Waals surface area contributed by atoms with Gasteiger partial charge in [-0.1, -0.05) is 13.0 Å². The van der Waals surface area contributed by atoms with E-state index < -0.39 is 0 Å². The first-order valence-electron chi connectivity index (χ1n) is 6.47. The highest BCUT2D eigenvalue weighted by Crippen LogP contribution is 2.06. The Hall–Kier alpha value is -0.340. The van der Waals surface area contributed by atoms with Gasteiger partial charge in [0.15, 0.2) is 0 Å². The normalized spacial score (nSPS) is 14.1. The van der Waals surface area contributed by atoms with Crippen LogP contribution in [-0.2, 0) is 0 Å². The average molecular weight is 226 g/mol. The molecule has 0 rings (SSSR count). The van der Waals surface area contributed by atoms with Crippen LogP contribution >= 0.6 is 0 Å². The van der Waals surface area contributed by atoms with E-state index in [0.29, 0.717) is 6.04 Å². The van der Waals surface area contributed by atoms with Crippen molar-refractivity contribution in [2.45, 2.75) is 58.5 Å². The molecule has 0 aromatic rings. The van der Waals surface area contributed by atoms with Gasteiger partial charge >= 0.3 is 0 Å². The quantitative estimate of drug-likeness (QED) is 0.505. The minimum Gasteiger partial charge on any atom is -0.311 e. The van der Waals surface area contributed by atoms with Crippen LogP contribution in [0.5, 0.6) is 0 Å². The number of allylic oxidation sites excluding steroid dienone is 1. The van der Waals surface area contributed by atoms with E-state index >= 15 is 0 Å². The molecule has 0 amide bonds. The fraction of sp³-hybridized carbons (Fsp3) is 0.857. The van der Waals surface area contributed by atoms with Crippen LogP contribution in [0, 0.1) is 0 Å². The Bertz CT molecular complexity index is 182. The third-order valence-corrected chi connectivity index (χ3v) is 2.88. The molecule has 2 nitrogen and oxygen atoms in total. The van der Waals surface area contributed by atoms with Gasteiger partial charge in [-0.15, -0.1) is 6.58 Å². The molecule has 2 heteroatoms. The van der Waals surface area contributed by atoms with Gasteiger partial charge in [-0.05, 0) is 53.6 Å². The number of nitrogens with one attached hydrogen (secondary N) is 1. The molecule has 1 N–H and O–H groups in total. The molecule has 0 aliphatic rings. The summed E-state index contributed by atoms with van der Waals surface area (Å²) in [6.45, 7) is 14.9. The molecule has 0 aliphatic carbocycles. The van der Waals surface area contributed by atoms with E-state index in [2.05, 4.69) is 51.5 Å². The van der Waals surface area contributed by atoms with Gasteiger partial charge in [0.2, 0.25) is 0 Å². The maximum absolute atomic E-state index is 3.76. The maximum Gasteiger partial charge on any atom is 0.0215 e. The highest BCUT2D eigenvalue weighted by Gasteiger charge is 2.15. The Morgan fingerprint density at radius 1 is 1.38 bits per heavy atom. The lowest BCUT2D eigenvalue weighted by atomic mass is 10.1. The van der Waals surface area contributed by atoms with Gasteiger partial charge in [0.1, 0.15) is 0 Å². The van der Waals surface area contributed by atoms with Crippen LogP contribution in [0.15, 0.2) is 12.7 Å². The minimum atomic E-state index is 0.218. The molecular weight excluding hydrogens is 196 g/mol. The molecule has 0 fully saturated rings. The van der Waals surface area contributed by atoms with Crippen molar-refractivity contribution in [1.82, 2.24) is 10.2 Å².